The molecule has 0 radical (unpaired) electrons. The van der Waals surface area contributed by atoms with Gasteiger partial charge in [0, 0.05) is 37.1 Å². The summed E-state index contributed by atoms with van der Waals surface area (Å²) in [6, 6.07) is 25.1. The fourth-order valence-corrected chi connectivity index (χ4v) is 4.70. The molecule has 0 atom stereocenters. The Hall–Kier alpha value is -3.16. The predicted octanol–water partition coefficient (Wildman–Crippen LogP) is 6.96. The van der Waals surface area contributed by atoms with Gasteiger partial charge < -0.3 is 9.30 Å². The van der Waals surface area contributed by atoms with E-state index in [2.05, 4.69) is 59.1 Å². The van der Waals surface area contributed by atoms with Crippen molar-refractivity contribution in [2.75, 3.05) is 0 Å². The zero-order chi connectivity index (χ0) is 24.1. The van der Waals surface area contributed by atoms with E-state index in [9.17, 15) is 4.79 Å². The van der Waals surface area contributed by atoms with Crippen LogP contribution in [0.1, 0.15) is 32.9 Å². The maximum Gasteiger partial charge on any atom is 0.271 e. The molecule has 0 spiro atoms. The van der Waals surface area contributed by atoms with Gasteiger partial charge in [0.05, 0.1) is 6.21 Å². The molecule has 1 heterocycles. The van der Waals surface area contributed by atoms with E-state index in [1.54, 1.807) is 12.3 Å². The first kappa shape index (κ1) is 24.0. The summed E-state index contributed by atoms with van der Waals surface area (Å²) in [5, 5.41) is 4.11. The Kier molecular flexibility index (Phi) is 7.65. The number of carbonyl (C=O) groups excluding carboxylic acids is 1. The maximum absolute atomic E-state index is 12.6. The average Bonchev–Trinajstić information content (AvgIpc) is 3.17. The number of carbonyl (C=O) groups is 1. The second-order valence-electron chi connectivity index (χ2n) is 7.79. The second kappa shape index (κ2) is 10.8. The highest BCUT2D eigenvalue weighted by Gasteiger charge is 2.09. The lowest BCUT2D eigenvalue weighted by atomic mass is 10.2. The van der Waals surface area contributed by atoms with Gasteiger partial charge in [0.15, 0.2) is 0 Å². The molecule has 1 N–H and O–H groups in total. The van der Waals surface area contributed by atoms with E-state index < -0.39 is 0 Å². The number of aromatic nitrogens is 1. The normalized spacial score (nSPS) is 11.1. The van der Waals surface area contributed by atoms with E-state index in [1.807, 2.05) is 74.5 Å². The number of nitrogens with zero attached hydrogens (tertiary/aromatic N) is 2. The third kappa shape index (κ3) is 5.85. The molecule has 0 aliphatic rings. The van der Waals surface area contributed by atoms with Crippen molar-refractivity contribution in [1.29, 1.82) is 0 Å². The van der Waals surface area contributed by atoms with Crippen molar-refractivity contribution in [2.24, 2.45) is 5.10 Å². The van der Waals surface area contributed by atoms with Crippen LogP contribution in [0, 0.1) is 13.8 Å². The topological polar surface area (TPSA) is 55.6 Å². The molecule has 1 aromatic heterocycles. The van der Waals surface area contributed by atoms with E-state index in [1.165, 1.54) is 0 Å². The molecule has 0 saturated carbocycles. The van der Waals surface area contributed by atoms with Crippen molar-refractivity contribution >= 4 is 44.0 Å². The van der Waals surface area contributed by atoms with Crippen molar-refractivity contribution < 1.29 is 9.53 Å². The van der Waals surface area contributed by atoms with Gasteiger partial charge in [0.25, 0.3) is 5.91 Å². The minimum atomic E-state index is -0.263. The lowest BCUT2D eigenvalue weighted by Crippen LogP contribution is -2.18. The molecule has 34 heavy (non-hydrogen) atoms. The molecule has 0 aliphatic heterocycles. The predicted molar refractivity (Wildman–Crippen MR) is 143 cm³/mol. The van der Waals surface area contributed by atoms with E-state index in [0.717, 1.165) is 42.9 Å². The molecule has 0 saturated heterocycles. The molecule has 0 bridgehead atoms. The maximum atomic E-state index is 12.6. The standard InChI is InChI=1S/C27H23Br2N3O2/c1-18-6-7-19(2)32(18)24-5-3-4-21(14-24)27(33)31-30-16-20-8-12-25(13-9-20)34-17-22-10-11-23(28)15-26(22)29/h3-16H,17H2,1-2H3,(H,31,33)/b30-16-. The first-order valence-corrected chi connectivity index (χ1v) is 12.2. The SMILES string of the molecule is Cc1ccc(C)n1-c1cccc(C(=O)N/N=C\c2ccc(OCc3ccc(Br)cc3Br)cc2)c1. The molecule has 1 amide bonds. The Morgan fingerprint density at radius 3 is 2.41 bits per heavy atom. The number of ether oxygens (including phenoxy) is 1. The third-order valence-electron chi connectivity index (χ3n) is 5.31. The first-order chi connectivity index (χ1) is 16.4. The molecule has 0 fully saturated rings. The number of hydrogen-bond acceptors (Lipinski definition) is 3. The highest BCUT2D eigenvalue weighted by atomic mass is 79.9. The summed E-state index contributed by atoms with van der Waals surface area (Å²) in [6.45, 7) is 4.54. The van der Waals surface area contributed by atoms with Crippen molar-refractivity contribution in [3.8, 4) is 11.4 Å². The van der Waals surface area contributed by atoms with Crippen LogP contribution in [0.5, 0.6) is 5.75 Å². The molecular formula is C27H23Br2N3O2. The molecule has 172 valence electrons. The van der Waals surface area contributed by atoms with Crippen molar-refractivity contribution in [2.45, 2.75) is 20.5 Å². The number of rotatable bonds is 7. The third-order valence-corrected chi connectivity index (χ3v) is 6.54. The summed E-state index contributed by atoms with van der Waals surface area (Å²) in [6.07, 6.45) is 1.61. The number of hydrazone groups is 1. The average molecular weight is 581 g/mol. The number of halogens is 2. The summed E-state index contributed by atoms with van der Waals surface area (Å²) < 4.78 is 9.98. The summed E-state index contributed by atoms with van der Waals surface area (Å²) in [5.74, 6) is 0.490. The van der Waals surface area contributed by atoms with E-state index in [-0.39, 0.29) is 5.91 Å². The van der Waals surface area contributed by atoms with Crippen LogP contribution in [0.2, 0.25) is 0 Å². The summed E-state index contributed by atoms with van der Waals surface area (Å²) in [4.78, 5) is 12.6. The van der Waals surface area contributed by atoms with E-state index in [4.69, 9.17) is 4.74 Å². The lowest BCUT2D eigenvalue weighted by Gasteiger charge is -2.10. The number of amides is 1. The van der Waals surface area contributed by atoms with Gasteiger partial charge >= 0.3 is 0 Å². The fraction of sp³-hybridized carbons (Fsp3) is 0.111. The Balaban J connectivity index is 1.34. The van der Waals surface area contributed by atoms with Crippen LogP contribution >= 0.6 is 31.9 Å². The van der Waals surface area contributed by atoms with Crippen molar-refractivity contribution in [3.63, 3.8) is 0 Å². The monoisotopic (exact) mass is 579 g/mol. The summed E-state index contributed by atoms with van der Waals surface area (Å²) >= 11 is 7.00. The minimum Gasteiger partial charge on any atom is -0.489 e. The van der Waals surface area contributed by atoms with Crippen LogP contribution in [-0.2, 0) is 6.61 Å². The molecular weight excluding hydrogens is 558 g/mol. The van der Waals surface area contributed by atoms with Crippen LogP contribution in [0.4, 0.5) is 0 Å². The molecule has 0 aliphatic carbocycles. The quantitative estimate of drug-likeness (QED) is 0.190. The van der Waals surface area contributed by atoms with Crippen molar-refractivity contribution in [3.05, 3.63) is 116 Å². The van der Waals surface area contributed by atoms with Crippen LogP contribution in [0.3, 0.4) is 0 Å². The van der Waals surface area contributed by atoms with Gasteiger partial charge in [-0.1, -0.05) is 44.0 Å². The van der Waals surface area contributed by atoms with Crippen molar-refractivity contribution in [1.82, 2.24) is 9.99 Å². The van der Waals surface area contributed by atoms with Gasteiger partial charge in [0.2, 0.25) is 0 Å². The van der Waals surface area contributed by atoms with Gasteiger partial charge in [0.1, 0.15) is 12.4 Å². The minimum absolute atomic E-state index is 0.263. The highest BCUT2D eigenvalue weighted by Crippen LogP contribution is 2.23. The zero-order valence-electron chi connectivity index (χ0n) is 18.8. The Morgan fingerprint density at radius 2 is 1.71 bits per heavy atom. The van der Waals surface area contributed by atoms with E-state index >= 15 is 0 Å². The summed E-state index contributed by atoms with van der Waals surface area (Å²) in [5.41, 5.74) is 8.24. The number of hydrogen-bond donors (Lipinski definition) is 1. The fourth-order valence-electron chi connectivity index (χ4n) is 3.54. The Morgan fingerprint density at radius 1 is 0.971 bits per heavy atom. The number of benzene rings is 3. The second-order valence-corrected chi connectivity index (χ2v) is 9.56. The molecule has 7 heteroatoms. The molecule has 4 aromatic rings. The summed E-state index contributed by atoms with van der Waals surface area (Å²) in [7, 11) is 0. The van der Waals surface area contributed by atoms with Gasteiger partial charge in [-0.05, 0) is 86.1 Å². The van der Waals surface area contributed by atoms with Crippen LogP contribution < -0.4 is 10.2 Å². The molecule has 3 aromatic carbocycles. The molecule has 0 unspecified atom stereocenters. The molecule has 4 rings (SSSR count). The van der Waals surface area contributed by atoms with E-state index in [0.29, 0.717) is 12.2 Å². The zero-order valence-corrected chi connectivity index (χ0v) is 21.9. The largest absolute Gasteiger partial charge is 0.489 e. The number of nitrogens with one attached hydrogen (secondary N) is 1. The van der Waals surface area contributed by atoms with Gasteiger partial charge in [-0.15, -0.1) is 0 Å². The van der Waals surface area contributed by atoms with Crippen LogP contribution in [0.15, 0.2) is 92.9 Å². The van der Waals surface area contributed by atoms with Crippen LogP contribution in [0.25, 0.3) is 5.69 Å². The van der Waals surface area contributed by atoms with Gasteiger partial charge in [-0.3, -0.25) is 4.79 Å². The smallest absolute Gasteiger partial charge is 0.271 e. The van der Waals surface area contributed by atoms with Gasteiger partial charge in [-0.2, -0.15) is 5.10 Å². The number of aryl methyl sites for hydroxylation is 2. The molecule has 5 nitrogen and oxygen atoms in total. The highest BCUT2D eigenvalue weighted by molar-refractivity contribution is 9.11. The van der Waals surface area contributed by atoms with Gasteiger partial charge in [-0.25, -0.2) is 5.43 Å². The van der Waals surface area contributed by atoms with Crippen LogP contribution in [-0.4, -0.2) is 16.7 Å². The lowest BCUT2D eigenvalue weighted by molar-refractivity contribution is 0.0955. The Labute approximate surface area is 215 Å². The Bertz CT molecular complexity index is 1320. The first-order valence-electron chi connectivity index (χ1n) is 10.7.